The Labute approximate surface area is 335 Å². The average molecular weight is 740 g/mol. The van der Waals surface area contributed by atoms with Gasteiger partial charge in [0.2, 0.25) is 0 Å². The van der Waals surface area contributed by atoms with Gasteiger partial charge in [0.1, 0.15) is 11.2 Å². The van der Waals surface area contributed by atoms with E-state index in [4.69, 9.17) is 22.1 Å². The summed E-state index contributed by atoms with van der Waals surface area (Å²) in [5, 5.41) is 2.23. The molecule has 0 aliphatic heterocycles. The number of para-hydroxylation sites is 1. The van der Waals surface area contributed by atoms with Gasteiger partial charge in [-0.2, -0.15) is 0 Å². The van der Waals surface area contributed by atoms with Gasteiger partial charge in [-0.15, -0.1) is 11.3 Å². The Morgan fingerprint density at radius 1 is 0.393 bits per heavy atom. The summed E-state index contributed by atoms with van der Waals surface area (Å²) in [7, 11) is 0. The lowest BCUT2D eigenvalue weighted by Crippen LogP contribution is -2.00. The molecule has 0 unspecified atom stereocenters. The maximum absolute atomic E-state index is 9.75. The topological polar surface area (TPSA) is 51.8 Å². The minimum atomic E-state index is -0.268. The molecule has 0 saturated heterocycles. The highest BCUT2D eigenvalue weighted by Gasteiger charge is 2.18. The minimum Gasteiger partial charge on any atom is -0.456 e. The van der Waals surface area contributed by atoms with Crippen molar-refractivity contribution in [2.45, 2.75) is 0 Å². The number of aromatic nitrogens is 3. The molecule has 11 aromatic rings. The Morgan fingerprint density at radius 2 is 0.946 bits per heavy atom. The number of rotatable bonds is 6. The molecule has 0 aliphatic rings. The van der Waals surface area contributed by atoms with Crippen LogP contribution in [0.25, 0.3) is 110 Å². The van der Waals surface area contributed by atoms with Crippen LogP contribution < -0.4 is 0 Å². The van der Waals surface area contributed by atoms with Crippen LogP contribution in [0.2, 0.25) is 0 Å². The van der Waals surface area contributed by atoms with E-state index in [1.54, 1.807) is 0 Å². The molecule has 11 rings (SSSR count). The summed E-state index contributed by atoms with van der Waals surface area (Å²) in [6.07, 6.45) is 0. The van der Waals surface area contributed by atoms with Crippen molar-refractivity contribution in [3.8, 4) is 67.5 Å². The highest BCUT2D eigenvalue weighted by atomic mass is 32.1. The van der Waals surface area contributed by atoms with Gasteiger partial charge in [0.05, 0.1) is 8.22 Å². The Hall–Kier alpha value is -7.21. The maximum Gasteiger partial charge on any atom is 0.164 e. The van der Waals surface area contributed by atoms with E-state index in [9.17, 15) is 5.48 Å². The van der Waals surface area contributed by atoms with Crippen molar-refractivity contribution in [3.63, 3.8) is 0 Å². The number of furan rings is 1. The van der Waals surface area contributed by atoms with Gasteiger partial charge >= 0.3 is 0 Å². The molecule has 56 heavy (non-hydrogen) atoms. The molecule has 0 aliphatic carbocycles. The van der Waals surface area contributed by atoms with Crippen molar-refractivity contribution in [2.24, 2.45) is 0 Å². The molecule has 0 amide bonds. The van der Waals surface area contributed by atoms with Crippen LogP contribution in [0.3, 0.4) is 0 Å². The molecular formula is C51H31N3OS. The lowest BCUT2D eigenvalue weighted by Gasteiger charge is -2.10. The molecule has 4 nitrogen and oxygen atoms in total. The third-order valence-corrected chi connectivity index (χ3v) is 11.1. The first-order valence-corrected chi connectivity index (χ1v) is 19.0. The fraction of sp³-hybridized carbons (Fsp3) is 0. The third kappa shape index (κ3) is 5.56. The summed E-state index contributed by atoms with van der Waals surface area (Å²) < 4.78 is 63.1. The molecule has 262 valence electrons. The summed E-state index contributed by atoms with van der Waals surface area (Å²) in [6, 6.07) is 47.9. The molecular weight excluding hydrogens is 703 g/mol. The molecule has 5 heteroatoms. The summed E-state index contributed by atoms with van der Waals surface area (Å²) in [6.45, 7) is 0. The van der Waals surface area contributed by atoms with Crippen LogP contribution in [0.1, 0.15) is 8.22 Å². The summed E-state index contributed by atoms with van der Waals surface area (Å²) in [5.41, 5.74) is 7.86. The minimum absolute atomic E-state index is 0.0500. The second kappa shape index (κ2) is 13.3. The second-order valence-corrected chi connectivity index (χ2v) is 14.5. The van der Waals surface area contributed by atoms with Gasteiger partial charge in [-0.25, -0.2) is 15.0 Å². The van der Waals surface area contributed by atoms with Gasteiger partial charge < -0.3 is 4.42 Å². The van der Waals surface area contributed by atoms with Crippen LogP contribution in [-0.4, -0.2) is 15.0 Å². The standard InChI is InChI=1S/C51H31N3OS/c1-3-11-32(12-4-1)34-21-25-36(26-22-34)49-52-50(37-27-23-35(24-28-37)33-13-5-2-6-14-33)54-51(53-49)38-29-30-42-46(31-38)56-45-20-10-17-40(48(42)45)39-16-9-19-44-47(39)41-15-7-8-18-43(41)55-44/h1-31H/i10D,17D,20D,29D,30D,31D. The van der Waals surface area contributed by atoms with Crippen molar-refractivity contribution < 1.29 is 12.6 Å². The fourth-order valence-corrected chi connectivity index (χ4v) is 8.40. The van der Waals surface area contributed by atoms with Crippen LogP contribution in [-0.2, 0) is 0 Å². The molecule has 0 bridgehead atoms. The van der Waals surface area contributed by atoms with Crippen LogP contribution in [0.15, 0.2) is 192 Å². The zero-order chi connectivity index (χ0) is 42.2. The van der Waals surface area contributed by atoms with Crippen molar-refractivity contribution >= 4 is 53.4 Å². The van der Waals surface area contributed by atoms with Gasteiger partial charge in [0, 0.05) is 47.6 Å². The Morgan fingerprint density at radius 3 is 1.61 bits per heavy atom. The normalized spacial score (nSPS) is 13.1. The van der Waals surface area contributed by atoms with E-state index in [2.05, 4.69) is 0 Å². The molecule has 0 N–H and O–H groups in total. The van der Waals surface area contributed by atoms with Crippen LogP contribution in [0.5, 0.6) is 0 Å². The predicted octanol–water partition coefficient (Wildman–Crippen LogP) is 14.1. The maximum atomic E-state index is 9.75. The molecule has 8 aromatic carbocycles. The van der Waals surface area contributed by atoms with E-state index < -0.39 is 0 Å². The second-order valence-electron chi connectivity index (χ2n) is 13.5. The number of fused-ring (bicyclic) bond motifs is 6. The highest BCUT2D eigenvalue weighted by molar-refractivity contribution is 7.26. The number of hydrogen-bond donors (Lipinski definition) is 0. The molecule has 3 aromatic heterocycles. The van der Waals surface area contributed by atoms with E-state index in [0.717, 1.165) is 44.4 Å². The van der Waals surface area contributed by atoms with E-state index in [0.29, 0.717) is 59.9 Å². The Bertz CT molecular complexity index is 3470. The number of hydrogen-bond acceptors (Lipinski definition) is 5. The first-order chi connectivity index (χ1) is 30.2. The molecule has 0 radical (unpaired) electrons. The third-order valence-electron chi connectivity index (χ3n) is 10.1. The number of thiophene rings is 1. The number of nitrogens with zero attached hydrogens (tertiary/aromatic N) is 3. The zero-order valence-corrected chi connectivity index (χ0v) is 30.4. The molecule has 0 fully saturated rings. The smallest absolute Gasteiger partial charge is 0.164 e. The Balaban J connectivity index is 1.14. The van der Waals surface area contributed by atoms with E-state index >= 15 is 0 Å². The van der Waals surface area contributed by atoms with E-state index in [-0.39, 0.29) is 53.0 Å². The van der Waals surface area contributed by atoms with Gasteiger partial charge in [-0.3, -0.25) is 0 Å². The lowest BCUT2D eigenvalue weighted by atomic mass is 9.95. The summed E-state index contributed by atoms with van der Waals surface area (Å²) in [5.74, 6) is 0.746. The number of benzene rings is 8. The highest BCUT2D eigenvalue weighted by Crippen LogP contribution is 2.44. The summed E-state index contributed by atoms with van der Waals surface area (Å²) in [4.78, 5) is 14.8. The van der Waals surface area contributed by atoms with Crippen molar-refractivity contribution in [3.05, 3.63) is 188 Å². The average Bonchev–Trinajstić information content (AvgIpc) is 3.91. The van der Waals surface area contributed by atoms with Crippen molar-refractivity contribution in [1.29, 1.82) is 0 Å². The van der Waals surface area contributed by atoms with Gasteiger partial charge in [0.25, 0.3) is 0 Å². The monoisotopic (exact) mass is 739 g/mol. The molecule has 3 heterocycles. The van der Waals surface area contributed by atoms with Gasteiger partial charge in [0.15, 0.2) is 17.5 Å². The first-order valence-electron chi connectivity index (χ1n) is 21.2. The van der Waals surface area contributed by atoms with Crippen LogP contribution in [0.4, 0.5) is 0 Å². The molecule has 0 spiro atoms. The molecule has 0 saturated carbocycles. The van der Waals surface area contributed by atoms with Crippen molar-refractivity contribution in [1.82, 2.24) is 15.0 Å². The quantitative estimate of drug-likeness (QED) is 0.170. The van der Waals surface area contributed by atoms with E-state index in [1.165, 1.54) is 0 Å². The van der Waals surface area contributed by atoms with Crippen molar-refractivity contribution in [2.75, 3.05) is 0 Å². The summed E-state index contributed by atoms with van der Waals surface area (Å²) >= 11 is 1.11. The molecule has 0 atom stereocenters. The SMILES string of the molecule is [2H]c1c([2H])c(-c2cccc3oc4ccccc4c23)c2c(sc3c([2H])c(-c4nc(-c5ccc(-c6ccccc6)cc5)nc(-c5ccc(-c6ccccc6)cc5)n4)c([2H])c([2H])c32)c1[2H]. The largest absolute Gasteiger partial charge is 0.456 e. The van der Waals surface area contributed by atoms with Crippen LogP contribution in [0, 0.1) is 0 Å². The van der Waals surface area contributed by atoms with E-state index in [1.807, 2.05) is 152 Å². The lowest BCUT2D eigenvalue weighted by molar-refractivity contribution is 0.669. The fourth-order valence-electron chi connectivity index (χ4n) is 7.38. The van der Waals surface area contributed by atoms with Gasteiger partial charge in [-0.05, 0) is 57.6 Å². The predicted molar refractivity (Wildman–Crippen MR) is 233 cm³/mol. The zero-order valence-electron chi connectivity index (χ0n) is 35.6. The first kappa shape index (κ1) is 26.5. The van der Waals surface area contributed by atoms with Crippen LogP contribution >= 0.6 is 11.3 Å². The Kier molecular flexibility index (Phi) is 6.29. The van der Waals surface area contributed by atoms with Gasteiger partial charge in [-0.1, -0.05) is 164 Å².